The van der Waals surface area contributed by atoms with E-state index in [4.69, 9.17) is 10.5 Å². The quantitative estimate of drug-likeness (QED) is 0.811. The smallest absolute Gasteiger partial charge is 0.416 e. The van der Waals surface area contributed by atoms with Crippen molar-refractivity contribution in [3.63, 3.8) is 0 Å². The van der Waals surface area contributed by atoms with Gasteiger partial charge in [0.1, 0.15) is 5.75 Å². The van der Waals surface area contributed by atoms with Crippen LogP contribution in [0.15, 0.2) is 53.4 Å². The molecule has 0 aliphatic rings. The summed E-state index contributed by atoms with van der Waals surface area (Å²) in [6, 6.07) is 8.83. The highest BCUT2D eigenvalue weighted by atomic mass is 32.2. The summed E-state index contributed by atoms with van der Waals surface area (Å²) in [5.41, 5.74) is 3.98. The largest absolute Gasteiger partial charge is 0.484 e. The molecule has 0 unspecified atom stereocenters. The Morgan fingerprint density at radius 3 is 2.32 bits per heavy atom. The summed E-state index contributed by atoms with van der Waals surface area (Å²) >= 11 is 0. The van der Waals surface area contributed by atoms with Crippen molar-refractivity contribution < 1.29 is 31.1 Å². The average Bonchev–Trinajstić information content (AvgIpc) is 2.53. The van der Waals surface area contributed by atoms with Crippen LogP contribution in [0, 0.1) is 0 Å². The third-order valence-electron chi connectivity index (χ3n) is 2.96. The first kappa shape index (κ1) is 18.6. The topological polar surface area (TPSA) is 98.5 Å². The molecule has 10 heteroatoms. The van der Waals surface area contributed by atoms with E-state index < -0.39 is 32.6 Å². The summed E-state index contributed by atoms with van der Waals surface area (Å²) in [7, 11) is -4.20. The summed E-state index contributed by atoms with van der Waals surface area (Å²) in [6.45, 7) is -0.338. The first-order valence-corrected chi connectivity index (χ1v) is 8.27. The van der Waals surface area contributed by atoms with Crippen molar-refractivity contribution >= 4 is 21.6 Å². The Bertz CT molecular complexity index is 865. The lowest BCUT2D eigenvalue weighted by atomic mass is 10.2. The van der Waals surface area contributed by atoms with Gasteiger partial charge in [-0.3, -0.25) is 9.52 Å². The number of carbonyl (C=O) groups is 1. The van der Waals surface area contributed by atoms with Gasteiger partial charge in [-0.05, 0) is 42.5 Å². The lowest BCUT2D eigenvalue weighted by Gasteiger charge is -2.11. The standard InChI is InChI=1S/C15H13F3N2O4S/c16-15(17,18)10-2-1-3-13(8-10)25(22,23)20-11-4-6-12(7-5-11)24-9-14(19)21/h1-8,20H,9H2,(H2,19,21). The lowest BCUT2D eigenvalue weighted by Crippen LogP contribution is -2.20. The first-order valence-electron chi connectivity index (χ1n) is 6.79. The van der Waals surface area contributed by atoms with Gasteiger partial charge in [-0.2, -0.15) is 13.2 Å². The molecule has 0 bridgehead atoms. The molecule has 25 heavy (non-hydrogen) atoms. The van der Waals surface area contributed by atoms with Gasteiger partial charge < -0.3 is 10.5 Å². The summed E-state index contributed by atoms with van der Waals surface area (Å²) < 4.78 is 69.7. The van der Waals surface area contributed by atoms with Gasteiger partial charge in [0, 0.05) is 5.69 Å². The van der Waals surface area contributed by atoms with Crippen molar-refractivity contribution in [2.45, 2.75) is 11.1 Å². The molecule has 3 N–H and O–H groups in total. The van der Waals surface area contributed by atoms with Crippen LogP contribution in [0.3, 0.4) is 0 Å². The van der Waals surface area contributed by atoms with Crippen LogP contribution >= 0.6 is 0 Å². The van der Waals surface area contributed by atoms with Crippen LogP contribution in [0.5, 0.6) is 5.75 Å². The molecular weight excluding hydrogens is 361 g/mol. The number of anilines is 1. The van der Waals surface area contributed by atoms with Crippen molar-refractivity contribution in [2.75, 3.05) is 11.3 Å². The highest BCUT2D eigenvalue weighted by Gasteiger charge is 2.31. The second kappa shape index (κ2) is 7.01. The number of sulfonamides is 1. The van der Waals surface area contributed by atoms with Crippen LogP contribution in [-0.2, 0) is 21.0 Å². The van der Waals surface area contributed by atoms with E-state index in [1.807, 2.05) is 0 Å². The van der Waals surface area contributed by atoms with E-state index in [9.17, 15) is 26.4 Å². The highest BCUT2D eigenvalue weighted by Crippen LogP contribution is 2.31. The van der Waals surface area contributed by atoms with E-state index in [1.165, 1.54) is 24.3 Å². The Hall–Kier alpha value is -2.75. The molecule has 0 aliphatic heterocycles. The fourth-order valence-electron chi connectivity index (χ4n) is 1.83. The van der Waals surface area contributed by atoms with Crippen molar-refractivity contribution in [1.29, 1.82) is 0 Å². The molecule has 1 amide bonds. The number of nitrogens with two attached hydrogens (primary N) is 1. The van der Waals surface area contributed by atoms with E-state index in [0.717, 1.165) is 18.2 Å². The number of ether oxygens (including phenoxy) is 1. The zero-order valence-corrected chi connectivity index (χ0v) is 13.4. The minimum Gasteiger partial charge on any atom is -0.484 e. The molecule has 2 aromatic rings. The van der Waals surface area contributed by atoms with Crippen LogP contribution in [0.1, 0.15) is 5.56 Å². The minimum atomic E-state index is -4.65. The monoisotopic (exact) mass is 374 g/mol. The van der Waals surface area contributed by atoms with Gasteiger partial charge >= 0.3 is 6.18 Å². The Morgan fingerprint density at radius 1 is 1.12 bits per heavy atom. The van der Waals surface area contributed by atoms with Crippen molar-refractivity contribution in [2.24, 2.45) is 5.73 Å². The van der Waals surface area contributed by atoms with Crippen molar-refractivity contribution in [1.82, 2.24) is 0 Å². The molecular formula is C15H13F3N2O4S. The summed E-state index contributed by atoms with van der Waals surface area (Å²) in [5.74, 6) is -0.393. The van der Waals surface area contributed by atoms with Gasteiger partial charge in [0.05, 0.1) is 10.5 Å². The zero-order chi connectivity index (χ0) is 18.7. The third-order valence-corrected chi connectivity index (χ3v) is 4.34. The minimum absolute atomic E-state index is 0.115. The maximum atomic E-state index is 12.7. The van der Waals surface area contributed by atoms with Crippen LogP contribution < -0.4 is 15.2 Å². The van der Waals surface area contributed by atoms with Crippen molar-refractivity contribution in [3.8, 4) is 5.75 Å². The Kier molecular flexibility index (Phi) is 5.21. The number of amides is 1. The molecule has 6 nitrogen and oxygen atoms in total. The summed E-state index contributed by atoms with van der Waals surface area (Å²) in [6.07, 6.45) is -4.65. The number of alkyl halides is 3. The number of nitrogens with one attached hydrogen (secondary N) is 1. The van der Waals surface area contributed by atoms with Gasteiger partial charge in [-0.1, -0.05) is 6.07 Å². The SMILES string of the molecule is NC(=O)COc1ccc(NS(=O)(=O)c2cccc(C(F)(F)F)c2)cc1. The van der Waals surface area contributed by atoms with Crippen molar-refractivity contribution in [3.05, 3.63) is 54.1 Å². The van der Waals surface area contributed by atoms with Crippen LogP contribution in [-0.4, -0.2) is 20.9 Å². The molecule has 0 saturated carbocycles. The molecule has 134 valence electrons. The fraction of sp³-hybridized carbons (Fsp3) is 0.133. The van der Waals surface area contributed by atoms with E-state index in [0.29, 0.717) is 6.07 Å². The highest BCUT2D eigenvalue weighted by molar-refractivity contribution is 7.92. The number of primary amides is 1. The zero-order valence-electron chi connectivity index (χ0n) is 12.6. The normalized spacial score (nSPS) is 11.8. The van der Waals surface area contributed by atoms with Gasteiger partial charge in [0.2, 0.25) is 0 Å². The molecule has 0 radical (unpaired) electrons. The second-order valence-electron chi connectivity index (χ2n) is 4.91. The van der Waals surface area contributed by atoms with Crippen LogP contribution in [0.4, 0.5) is 18.9 Å². The number of carbonyl (C=O) groups excluding carboxylic acids is 1. The number of benzene rings is 2. The fourth-order valence-corrected chi connectivity index (χ4v) is 2.93. The Balaban J connectivity index is 2.17. The number of halogens is 3. The second-order valence-corrected chi connectivity index (χ2v) is 6.59. The maximum absolute atomic E-state index is 12.7. The van der Waals surface area contributed by atoms with E-state index in [1.54, 1.807) is 0 Å². The van der Waals surface area contributed by atoms with Crippen LogP contribution in [0.25, 0.3) is 0 Å². The first-order chi connectivity index (χ1) is 11.6. The molecule has 0 fully saturated rings. The predicted molar refractivity (Wildman–Crippen MR) is 83.4 cm³/mol. The number of hydrogen-bond acceptors (Lipinski definition) is 4. The lowest BCUT2D eigenvalue weighted by molar-refractivity contribution is -0.137. The van der Waals surface area contributed by atoms with E-state index >= 15 is 0 Å². The number of rotatable bonds is 6. The van der Waals surface area contributed by atoms with Gasteiger partial charge in [-0.25, -0.2) is 8.42 Å². The van der Waals surface area contributed by atoms with Gasteiger partial charge in [-0.15, -0.1) is 0 Å². The predicted octanol–water partition coefficient (Wildman–Crippen LogP) is 2.37. The molecule has 0 saturated heterocycles. The molecule has 2 rings (SSSR count). The summed E-state index contributed by atoms with van der Waals surface area (Å²) in [5, 5.41) is 0. The van der Waals surface area contributed by atoms with Crippen LogP contribution in [0.2, 0.25) is 0 Å². The third kappa shape index (κ3) is 5.11. The molecule has 0 aliphatic carbocycles. The molecule has 0 aromatic heterocycles. The Morgan fingerprint density at radius 2 is 1.76 bits per heavy atom. The van der Waals surface area contributed by atoms with E-state index in [2.05, 4.69) is 4.72 Å². The summed E-state index contributed by atoms with van der Waals surface area (Å²) in [4.78, 5) is 10.1. The number of hydrogen-bond donors (Lipinski definition) is 2. The molecule has 0 spiro atoms. The maximum Gasteiger partial charge on any atom is 0.416 e. The average molecular weight is 374 g/mol. The molecule has 0 atom stereocenters. The molecule has 0 heterocycles. The van der Waals surface area contributed by atoms with Gasteiger partial charge in [0.25, 0.3) is 15.9 Å². The molecule has 2 aromatic carbocycles. The van der Waals surface area contributed by atoms with Gasteiger partial charge in [0.15, 0.2) is 6.61 Å². The van der Waals surface area contributed by atoms with E-state index in [-0.39, 0.29) is 18.0 Å². The Labute approximate surface area is 141 Å².